The number of carbonyl (C=O) groups excluding carboxylic acids is 1. The highest BCUT2D eigenvalue weighted by atomic mass is 79.9. The Morgan fingerprint density at radius 1 is 1.39 bits per heavy atom. The van der Waals surface area contributed by atoms with Gasteiger partial charge in [0.2, 0.25) is 5.91 Å². The molecule has 0 aliphatic heterocycles. The minimum absolute atomic E-state index is 0.0181. The zero-order chi connectivity index (χ0) is 13.9. The predicted molar refractivity (Wildman–Crippen MR) is 78.9 cm³/mol. The molecule has 5 heteroatoms. The molecule has 100 valence electrons. The second kappa shape index (κ2) is 6.55. The van der Waals surface area contributed by atoms with Crippen molar-refractivity contribution in [1.82, 2.24) is 10.2 Å². The van der Waals surface area contributed by atoms with E-state index in [0.717, 1.165) is 10.0 Å². The maximum absolute atomic E-state index is 11.8. The van der Waals surface area contributed by atoms with Crippen molar-refractivity contribution in [3.63, 3.8) is 0 Å². The summed E-state index contributed by atoms with van der Waals surface area (Å²) in [6.07, 6.45) is 0. The van der Waals surface area contributed by atoms with Crippen molar-refractivity contribution in [2.24, 2.45) is 0 Å². The van der Waals surface area contributed by atoms with E-state index in [4.69, 9.17) is 11.6 Å². The van der Waals surface area contributed by atoms with Gasteiger partial charge in [0, 0.05) is 29.6 Å². The fourth-order valence-corrected chi connectivity index (χ4v) is 2.61. The maximum atomic E-state index is 11.8. The molecule has 3 nitrogen and oxygen atoms in total. The monoisotopic (exact) mass is 332 g/mol. The molecule has 1 aromatic carbocycles. The fraction of sp³-hybridized carbons (Fsp3) is 0.462. The second-order valence-corrected chi connectivity index (χ2v) is 5.83. The van der Waals surface area contributed by atoms with E-state index in [-0.39, 0.29) is 18.0 Å². The molecule has 0 heterocycles. The van der Waals surface area contributed by atoms with Crippen LogP contribution >= 0.6 is 27.5 Å². The van der Waals surface area contributed by atoms with Crippen molar-refractivity contribution in [2.45, 2.75) is 25.9 Å². The number of likely N-dealkylation sites (N-methyl/N-ethyl adjacent to an activating group) is 1. The van der Waals surface area contributed by atoms with Crippen molar-refractivity contribution in [3.05, 3.63) is 33.3 Å². The lowest BCUT2D eigenvalue weighted by atomic mass is 10.1. The van der Waals surface area contributed by atoms with Crippen LogP contribution in [0, 0.1) is 0 Å². The average molecular weight is 334 g/mol. The average Bonchev–Trinajstić information content (AvgIpc) is 2.27. The van der Waals surface area contributed by atoms with Gasteiger partial charge in [-0.05, 0) is 31.5 Å². The van der Waals surface area contributed by atoms with Gasteiger partial charge in [0.15, 0.2) is 0 Å². The minimum atomic E-state index is -0.241. The van der Waals surface area contributed by atoms with E-state index in [0.29, 0.717) is 5.02 Å². The minimum Gasteiger partial charge on any atom is -0.347 e. The molecule has 2 atom stereocenters. The largest absolute Gasteiger partial charge is 0.347 e. The summed E-state index contributed by atoms with van der Waals surface area (Å²) in [4.78, 5) is 13.3. The second-order valence-electron chi connectivity index (χ2n) is 4.51. The van der Waals surface area contributed by atoms with Crippen LogP contribution < -0.4 is 5.32 Å². The van der Waals surface area contributed by atoms with Crippen LogP contribution in [0.3, 0.4) is 0 Å². The summed E-state index contributed by atoms with van der Waals surface area (Å²) >= 11 is 9.56. The van der Waals surface area contributed by atoms with Crippen molar-refractivity contribution < 1.29 is 4.79 Å². The van der Waals surface area contributed by atoms with Gasteiger partial charge in [0.05, 0.1) is 6.04 Å². The Hall–Kier alpha value is -0.580. The fourth-order valence-electron chi connectivity index (χ4n) is 1.78. The number of carbonyl (C=O) groups is 1. The molecule has 0 fully saturated rings. The first-order valence-electron chi connectivity index (χ1n) is 5.75. The molecule has 18 heavy (non-hydrogen) atoms. The number of benzene rings is 1. The summed E-state index contributed by atoms with van der Waals surface area (Å²) < 4.78 is 0.945. The smallest absolute Gasteiger partial charge is 0.238 e. The van der Waals surface area contributed by atoms with Crippen molar-refractivity contribution in [1.29, 1.82) is 0 Å². The summed E-state index contributed by atoms with van der Waals surface area (Å²) in [5.41, 5.74) is 0.985. The SMILES string of the molecule is CC(NC(C)c1ccc(Br)cc1Cl)C(=O)N(C)C. The third-order valence-corrected chi connectivity index (χ3v) is 3.56. The Morgan fingerprint density at radius 2 is 2.00 bits per heavy atom. The highest BCUT2D eigenvalue weighted by Gasteiger charge is 2.18. The van der Waals surface area contributed by atoms with Gasteiger partial charge >= 0.3 is 0 Å². The molecule has 0 saturated heterocycles. The van der Waals surface area contributed by atoms with Crippen LogP contribution in [0.25, 0.3) is 0 Å². The number of nitrogens with zero attached hydrogens (tertiary/aromatic N) is 1. The maximum Gasteiger partial charge on any atom is 0.238 e. The molecular weight excluding hydrogens is 316 g/mol. The van der Waals surface area contributed by atoms with Gasteiger partial charge in [-0.25, -0.2) is 0 Å². The van der Waals surface area contributed by atoms with Crippen molar-refractivity contribution in [2.75, 3.05) is 14.1 Å². The summed E-state index contributed by atoms with van der Waals surface area (Å²) in [7, 11) is 3.50. The number of rotatable bonds is 4. The summed E-state index contributed by atoms with van der Waals surface area (Å²) in [5.74, 6) is 0.0510. The topological polar surface area (TPSA) is 32.3 Å². The predicted octanol–water partition coefficient (Wildman–Crippen LogP) is 3.23. The first-order chi connectivity index (χ1) is 8.32. The Kier molecular flexibility index (Phi) is 5.63. The van der Waals surface area contributed by atoms with Crippen molar-refractivity contribution >= 4 is 33.4 Å². The third kappa shape index (κ3) is 3.97. The van der Waals surface area contributed by atoms with Crippen LogP contribution in [0.4, 0.5) is 0 Å². The Bertz CT molecular complexity index is 437. The number of hydrogen-bond donors (Lipinski definition) is 1. The molecule has 0 radical (unpaired) electrons. The van der Waals surface area contributed by atoms with Crippen LogP contribution in [0.1, 0.15) is 25.5 Å². The molecule has 0 aliphatic rings. The molecule has 0 saturated carbocycles. The normalized spacial score (nSPS) is 14.1. The lowest BCUT2D eigenvalue weighted by molar-refractivity contribution is -0.130. The summed E-state index contributed by atoms with van der Waals surface area (Å²) in [6, 6.07) is 5.53. The zero-order valence-electron chi connectivity index (χ0n) is 11.0. The molecule has 1 amide bonds. The van der Waals surface area contributed by atoms with Crippen LogP contribution in [0.5, 0.6) is 0 Å². The first kappa shape index (κ1) is 15.5. The molecule has 1 aromatic rings. The molecule has 0 aromatic heterocycles. The summed E-state index contributed by atoms with van der Waals surface area (Å²) in [6.45, 7) is 3.85. The molecule has 0 aliphatic carbocycles. The van der Waals surface area contributed by atoms with Gasteiger partial charge in [-0.15, -0.1) is 0 Å². The van der Waals surface area contributed by atoms with E-state index in [1.54, 1.807) is 19.0 Å². The quantitative estimate of drug-likeness (QED) is 0.917. The number of halogens is 2. The van der Waals surface area contributed by atoms with E-state index < -0.39 is 0 Å². The van der Waals surface area contributed by atoms with E-state index in [1.165, 1.54) is 0 Å². The molecule has 2 unspecified atom stereocenters. The Morgan fingerprint density at radius 3 is 2.50 bits per heavy atom. The highest BCUT2D eigenvalue weighted by Crippen LogP contribution is 2.26. The molecule has 0 spiro atoms. The first-order valence-corrected chi connectivity index (χ1v) is 6.92. The van der Waals surface area contributed by atoms with E-state index in [2.05, 4.69) is 21.2 Å². The van der Waals surface area contributed by atoms with Gasteiger partial charge in [-0.1, -0.05) is 33.6 Å². The molecule has 1 rings (SSSR count). The van der Waals surface area contributed by atoms with Gasteiger partial charge < -0.3 is 4.90 Å². The highest BCUT2D eigenvalue weighted by molar-refractivity contribution is 9.10. The molecular formula is C13H18BrClN2O. The Labute approximate surface area is 122 Å². The van der Waals surface area contributed by atoms with Crippen LogP contribution in [0.2, 0.25) is 5.02 Å². The third-order valence-electron chi connectivity index (χ3n) is 2.74. The number of nitrogens with one attached hydrogen (secondary N) is 1. The van der Waals surface area contributed by atoms with E-state index in [9.17, 15) is 4.79 Å². The van der Waals surface area contributed by atoms with Crippen molar-refractivity contribution in [3.8, 4) is 0 Å². The summed E-state index contributed by atoms with van der Waals surface area (Å²) in [5, 5.41) is 3.94. The molecule has 0 bridgehead atoms. The van der Waals surface area contributed by atoms with Crippen LogP contribution in [-0.2, 0) is 4.79 Å². The number of hydrogen-bond acceptors (Lipinski definition) is 2. The standard InChI is InChI=1S/C13H18BrClN2O/c1-8(16-9(2)13(18)17(3)4)11-6-5-10(14)7-12(11)15/h5-9,16H,1-4H3. The lowest BCUT2D eigenvalue weighted by Crippen LogP contribution is -2.42. The van der Waals surface area contributed by atoms with Gasteiger partial charge in [-0.2, -0.15) is 0 Å². The lowest BCUT2D eigenvalue weighted by Gasteiger charge is -2.23. The van der Waals surface area contributed by atoms with Crippen LogP contribution in [0.15, 0.2) is 22.7 Å². The van der Waals surface area contributed by atoms with E-state index >= 15 is 0 Å². The van der Waals surface area contributed by atoms with Gasteiger partial charge in [0.25, 0.3) is 0 Å². The van der Waals surface area contributed by atoms with Crippen LogP contribution in [-0.4, -0.2) is 30.9 Å². The zero-order valence-corrected chi connectivity index (χ0v) is 13.3. The van der Waals surface area contributed by atoms with Gasteiger partial charge in [-0.3, -0.25) is 10.1 Å². The number of amides is 1. The Balaban J connectivity index is 2.76. The molecule has 1 N–H and O–H groups in total. The van der Waals surface area contributed by atoms with Gasteiger partial charge in [0.1, 0.15) is 0 Å². The van der Waals surface area contributed by atoms with E-state index in [1.807, 2.05) is 32.0 Å².